The summed E-state index contributed by atoms with van der Waals surface area (Å²) in [5.74, 6) is 0.670. The zero-order valence-corrected chi connectivity index (χ0v) is 11.4. The third kappa shape index (κ3) is 3.51. The molecule has 0 saturated heterocycles. The Morgan fingerprint density at radius 2 is 2.17 bits per heavy atom. The van der Waals surface area contributed by atoms with Crippen molar-refractivity contribution < 1.29 is 0 Å². The average molecular weight is 308 g/mol. The predicted octanol–water partition coefficient (Wildman–Crippen LogP) is 1.62. The summed E-state index contributed by atoms with van der Waals surface area (Å²) >= 11 is 3.42. The van der Waals surface area contributed by atoms with E-state index in [1.165, 1.54) is 6.07 Å². The quantitative estimate of drug-likeness (QED) is 0.901. The minimum Gasteiger partial charge on any atom is -0.330 e. The molecule has 4 nitrogen and oxygen atoms in total. The molecule has 0 spiro atoms. The second-order valence-electron chi connectivity index (χ2n) is 4.03. The standard InChI is InChI=1S/C13H14BrN3O/c14-10-3-1-2-9(6-10)7-12-16-11(4-5-15)8-13(18)17-12/h1-3,6,8H,4-5,7,15H2,(H,16,17,18). The van der Waals surface area contributed by atoms with Crippen molar-refractivity contribution in [2.45, 2.75) is 12.8 Å². The summed E-state index contributed by atoms with van der Waals surface area (Å²) in [5, 5.41) is 0. The van der Waals surface area contributed by atoms with Crippen LogP contribution in [0.5, 0.6) is 0 Å². The molecule has 0 bridgehead atoms. The van der Waals surface area contributed by atoms with Gasteiger partial charge in [-0.15, -0.1) is 0 Å². The highest BCUT2D eigenvalue weighted by molar-refractivity contribution is 9.10. The van der Waals surface area contributed by atoms with Crippen molar-refractivity contribution >= 4 is 15.9 Å². The van der Waals surface area contributed by atoms with E-state index in [9.17, 15) is 4.79 Å². The number of H-pyrrole nitrogens is 1. The van der Waals surface area contributed by atoms with Crippen molar-refractivity contribution in [2.75, 3.05) is 6.54 Å². The highest BCUT2D eigenvalue weighted by Crippen LogP contribution is 2.13. The molecule has 0 aliphatic carbocycles. The lowest BCUT2D eigenvalue weighted by Gasteiger charge is -2.04. The van der Waals surface area contributed by atoms with Gasteiger partial charge in [0.15, 0.2) is 0 Å². The van der Waals surface area contributed by atoms with E-state index in [-0.39, 0.29) is 5.56 Å². The van der Waals surface area contributed by atoms with Crippen molar-refractivity contribution in [2.24, 2.45) is 5.73 Å². The normalized spacial score (nSPS) is 10.6. The monoisotopic (exact) mass is 307 g/mol. The van der Waals surface area contributed by atoms with Gasteiger partial charge in [-0.25, -0.2) is 4.98 Å². The first kappa shape index (κ1) is 13.0. The number of nitrogens with two attached hydrogens (primary N) is 1. The van der Waals surface area contributed by atoms with Crippen LogP contribution in [0.25, 0.3) is 0 Å². The maximum atomic E-state index is 11.5. The number of aromatic amines is 1. The maximum absolute atomic E-state index is 11.5. The number of benzene rings is 1. The van der Waals surface area contributed by atoms with Gasteiger partial charge in [0.1, 0.15) is 5.82 Å². The number of hydrogen-bond donors (Lipinski definition) is 2. The number of halogens is 1. The lowest BCUT2D eigenvalue weighted by atomic mass is 10.1. The molecule has 3 N–H and O–H groups in total. The first-order valence-electron chi connectivity index (χ1n) is 5.71. The summed E-state index contributed by atoms with van der Waals surface area (Å²) < 4.78 is 1.01. The number of hydrogen-bond acceptors (Lipinski definition) is 3. The summed E-state index contributed by atoms with van der Waals surface area (Å²) in [6.07, 6.45) is 1.22. The van der Waals surface area contributed by atoms with Gasteiger partial charge in [0.2, 0.25) is 0 Å². The Kier molecular flexibility index (Phi) is 4.28. The third-order valence-electron chi connectivity index (χ3n) is 2.50. The molecule has 18 heavy (non-hydrogen) atoms. The van der Waals surface area contributed by atoms with Crippen molar-refractivity contribution in [1.29, 1.82) is 0 Å². The maximum Gasteiger partial charge on any atom is 0.251 e. The molecule has 2 rings (SSSR count). The van der Waals surface area contributed by atoms with Gasteiger partial charge in [0.25, 0.3) is 5.56 Å². The zero-order valence-electron chi connectivity index (χ0n) is 9.82. The van der Waals surface area contributed by atoms with Crippen LogP contribution in [0.2, 0.25) is 0 Å². The molecule has 0 radical (unpaired) electrons. The van der Waals surface area contributed by atoms with Gasteiger partial charge >= 0.3 is 0 Å². The predicted molar refractivity (Wildman–Crippen MR) is 74.6 cm³/mol. The van der Waals surface area contributed by atoms with Crippen LogP contribution in [0.4, 0.5) is 0 Å². The summed E-state index contributed by atoms with van der Waals surface area (Å²) in [6, 6.07) is 9.43. The van der Waals surface area contributed by atoms with Gasteiger partial charge in [-0.05, 0) is 24.2 Å². The van der Waals surface area contributed by atoms with E-state index in [2.05, 4.69) is 25.9 Å². The van der Waals surface area contributed by atoms with E-state index in [0.29, 0.717) is 25.2 Å². The van der Waals surface area contributed by atoms with Crippen LogP contribution < -0.4 is 11.3 Å². The molecule has 1 aromatic heterocycles. The van der Waals surface area contributed by atoms with Gasteiger partial charge < -0.3 is 10.7 Å². The van der Waals surface area contributed by atoms with Crippen molar-refractivity contribution in [3.8, 4) is 0 Å². The molecule has 5 heteroatoms. The van der Waals surface area contributed by atoms with E-state index < -0.39 is 0 Å². The van der Waals surface area contributed by atoms with Crippen LogP contribution in [0.3, 0.4) is 0 Å². The van der Waals surface area contributed by atoms with Crippen LogP contribution in [0, 0.1) is 0 Å². The van der Waals surface area contributed by atoms with Gasteiger partial charge in [-0.3, -0.25) is 4.79 Å². The van der Waals surface area contributed by atoms with E-state index in [4.69, 9.17) is 5.73 Å². The molecule has 0 atom stereocenters. The molecule has 94 valence electrons. The molecule has 0 fully saturated rings. The Labute approximate surface area is 113 Å². The largest absolute Gasteiger partial charge is 0.330 e. The smallest absolute Gasteiger partial charge is 0.251 e. The summed E-state index contributed by atoms with van der Waals surface area (Å²) in [5.41, 5.74) is 7.18. The first-order chi connectivity index (χ1) is 8.67. The van der Waals surface area contributed by atoms with Gasteiger partial charge in [0, 0.05) is 29.1 Å². The molecule has 0 saturated carbocycles. The molecule has 1 aromatic carbocycles. The molecular weight excluding hydrogens is 294 g/mol. The second-order valence-corrected chi connectivity index (χ2v) is 4.94. The number of nitrogens with one attached hydrogen (secondary N) is 1. The number of rotatable bonds is 4. The van der Waals surface area contributed by atoms with Crippen LogP contribution in [-0.4, -0.2) is 16.5 Å². The Hall–Kier alpha value is -1.46. The van der Waals surface area contributed by atoms with Crippen LogP contribution in [0.1, 0.15) is 17.1 Å². The molecule has 0 unspecified atom stereocenters. The number of nitrogens with zero attached hydrogens (tertiary/aromatic N) is 1. The fourth-order valence-corrected chi connectivity index (χ4v) is 2.21. The Bertz CT molecular complexity index is 595. The summed E-state index contributed by atoms with van der Waals surface area (Å²) in [4.78, 5) is 18.6. The molecule has 0 amide bonds. The summed E-state index contributed by atoms with van der Waals surface area (Å²) in [7, 11) is 0. The van der Waals surface area contributed by atoms with E-state index in [0.717, 1.165) is 15.7 Å². The van der Waals surface area contributed by atoms with E-state index in [1.807, 2.05) is 24.3 Å². The fourth-order valence-electron chi connectivity index (χ4n) is 1.76. The van der Waals surface area contributed by atoms with Crippen molar-refractivity contribution in [1.82, 2.24) is 9.97 Å². The highest BCUT2D eigenvalue weighted by atomic mass is 79.9. The lowest BCUT2D eigenvalue weighted by molar-refractivity contribution is 0.854. The molecule has 2 aromatic rings. The van der Waals surface area contributed by atoms with Gasteiger partial charge in [-0.1, -0.05) is 28.1 Å². The Morgan fingerprint density at radius 3 is 2.89 bits per heavy atom. The van der Waals surface area contributed by atoms with Crippen LogP contribution in [-0.2, 0) is 12.8 Å². The Morgan fingerprint density at radius 1 is 1.33 bits per heavy atom. The molecule has 0 aliphatic heterocycles. The Balaban J connectivity index is 2.26. The fraction of sp³-hybridized carbons (Fsp3) is 0.231. The second kappa shape index (κ2) is 5.93. The average Bonchev–Trinajstić information content (AvgIpc) is 2.28. The first-order valence-corrected chi connectivity index (χ1v) is 6.50. The van der Waals surface area contributed by atoms with Crippen LogP contribution in [0.15, 0.2) is 39.6 Å². The van der Waals surface area contributed by atoms with Crippen molar-refractivity contribution in [3.05, 3.63) is 62.2 Å². The van der Waals surface area contributed by atoms with Gasteiger partial charge in [-0.2, -0.15) is 0 Å². The van der Waals surface area contributed by atoms with Crippen LogP contribution >= 0.6 is 15.9 Å². The highest BCUT2D eigenvalue weighted by Gasteiger charge is 2.03. The van der Waals surface area contributed by atoms with E-state index >= 15 is 0 Å². The molecule has 0 aliphatic rings. The van der Waals surface area contributed by atoms with E-state index in [1.54, 1.807) is 0 Å². The SMILES string of the molecule is NCCc1cc(=O)[nH]c(Cc2cccc(Br)c2)n1. The molecule has 1 heterocycles. The number of aromatic nitrogens is 2. The third-order valence-corrected chi connectivity index (χ3v) is 3.00. The van der Waals surface area contributed by atoms with Crippen molar-refractivity contribution in [3.63, 3.8) is 0 Å². The van der Waals surface area contributed by atoms with Gasteiger partial charge in [0.05, 0.1) is 0 Å². The lowest BCUT2D eigenvalue weighted by Crippen LogP contribution is -2.15. The molecular formula is C13H14BrN3O. The minimum atomic E-state index is -0.126. The summed E-state index contributed by atoms with van der Waals surface area (Å²) in [6.45, 7) is 0.493. The minimum absolute atomic E-state index is 0.126. The zero-order chi connectivity index (χ0) is 13.0. The topological polar surface area (TPSA) is 71.8 Å².